The number of H-pyrrole nitrogens is 1. The van der Waals surface area contributed by atoms with Gasteiger partial charge in [0.25, 0.3) is 0 Å². The largest absolute Gasteiger partial charge is 0.361 e. The molecule has 0 amide bonds. The summed E-state index contributed by atoms with van der Waals surface area (Å²) in [7, 11) is 0. The van der Waals surface area contributed by atoms with E-state index in [1.807, 2.05) is 42.6 Å². The zero-order valence-corrected chi connectivity index (χ0v) is 14.1. The van der Waals surface area contributed by atoms with Crippen LogP contribution in [0.5, 0.6) is 0 Å². The van der Waals surface area contributed by atoms with Gasteiger partial charge in [-0.05, 0) is 55.5 Å². The van der Waals surface area contributed by atoms with E-state index in [1.54, 1.807) is 0 Å². The third kappa shape index (κ3) is 2.57. The van der Waals surface area contributed by atoms with Crippen molar-refractivity contribution in [2.24, 2.45) is 0 Å². The van der Waals surface area contributed by atoms with Gasteiger partial charge < -0.3 is 15.2 Å². The smallest absolute Gasteiger partial charge is 0.174 e. The van der Waals surface area contributed by atoms with E-state index >= 15 is 0 Å². The molecule has 4 nitrogen and oxygen atoms in total. The first-order valence-corrected chi connectivity index (χ1v) is 8.36. The van der Waals surface area contributed by atoms with Crippen LogP contribution in [0.2, 0.25) is 0 Å². The molecule has 2 atom stereocenters. The monoisotopic (exact) mass is 334 g/mol. The Hall–Kier alpha value is -2.66. The van der Waals surface area contributed by atoms with E-state index in [2.05, 4.69) is 51.4 Å². The maximum absolute atomic E-state index is 5.66. The number of aryl methyl sites for hydroxylation is 1. The zero-order valence-electron chi connectivity index (χ0n) is 13.3. The minimum absolute atomic E-state index is 0.00282. The third-order valence-corrected chi connectivity index (χ3v) is 4.62. The number of anilines is 1. The molecule has 2 aromatic heterocycles. The Bertz CT molecular complexity index is 844. The fraction of sp³-hybridized carbons (Fsp3) is 0.158. The molecule has 1 fully saturated rings. The Morgan fingerprint density at radius 3 is 2.46 bits per heavy atom. The number of nitrogens with zero attached hydrogens (tertiary/aromatic N) is 2. The highest BCUT2D eigenvalue weighted by Gasteiger charge is 2.41. The van der Waals surface area contributed by atoms with Gasteiger partial charge in [-0.3, -0.25) is 4.98 Å². The second-order valence-corrected chi connectivity index (χ2v) is 6.32. The molecular formula is C19H18N4S. The number of nitrogens with one attached hydrogen (secondary N) is 2. The van der Waals surface area contributed by atoms with Gasteiger partial charge >= 0.3 is 0 Å². The fourth-order valence-electron chi connectivity index (χ4n) is 3.24. The van der Waals surface area contributed by atoms with Crippen molar-refractivity contribution in [3.8, 4) is 0 Å². The van der Waals surface area contributed by atoms with Crippen LogP contribution in [0.3, 0.4) is 0 Å². The number of para-hydroxylation sites is 1. The molecule has 2 N–H and O–H groups in total. The predicted molar refractivity (Wildman–Crippen MR) is 99.9 cm³/mol. The summed E-state index contributed by atoms with van der Waals surface area (Å²) < 4.78 is 0. The molecule has 24 heavy (non-hydrogen) atoms. The van der Waals surface area contributed by atoms with Gasteiger partial charge in [0.2, 0.25) is 0 Å². The normalized spacial score (nSPS) is 20.2. The van der Waals surface area contributed by atoms with Crippen LogP contribution in [0.1, 0.15) is 29.2 Å². The van der Waals surface area contributed by atoms with Crippen molar-refractivity contribution >= 4 is 23.0 Å². The van der Waals surface area contributed by atoms with E-state index in [1.165, 1.54) is 0 Å². The number of thiocarbonyl (C=S) groups is 1. The molecule has 2 unspecified atom stereocenters. The highest BCUT2D eigenvalue weighted by molar-refractivity contribution is 7.80. The van der Waals surface area contributed by atoms with Crippen molar-refractivity contribution in [1.82, 2.24) is 15.3 Å². The van der Waals surface area contributed by atoms with E-state index < -0.39 is 0 Å². The van der Waals surface area contributed by atoms with E-state index in [0.29, 0.717) is 5.11 Å². The first kappa shape index (κ1) is 14.9. The van der Waals surface area contributed by atoms with Gasteiger partial charge in [-0.15, -0.1) is 0 Å². The van der Waals surface area contributed by atoms with Crippen LogP contribution in [0.4, 0.5) is 5.69 Å². The summed E-state index contributed by atoms with van der Waals surface area (Å²) in [5, 5.41) is 4.17. The Morgan fingerprint density at radius 2 is 1.79 bits per heavy atom. The Balaban J connectivity index is 1.82. The Morgan fingerprint density at radius 1 is 1.00 bits per heavy atom. The zero-order chi connectivity index (χ0) is 16.5. The number of pyridine rings is 1. The topological polar surface area (TPSA) is 44.0 Å². The average Bonchev–Trinajstić information content (AvgIpc) is 3.19. The molecular weight excluding hydrogens is 316 g/mol. The van der Waals surface area contributed by atoms with Gasteiger partial charge in [-0.2, -0.15) is 0 Å². The summed E-state index contributed by atoms with van der Waals surface area (Å²) in [5.74, 6) is 0. The van der Waals surface area contributed by atoms with E-state index in [0.717, 1.165) is 22.8 Å². The molecule has 0 bridgehead atoms. The van der Waals surface area contributed by atoms with Gasteiger partial charge in [0, 0.05) is 23.3 Å². The van der Waals surface area contributed by atoms with Crippen LogP contribution in [-0.4, -0.2) is 15.1 Å². The van der Waals surface area contributed by atoms with E-state index in [4.69, 9.17) is 12.2 Å². The molecule has 3 aromatic rings. The van der Waals surface area contributed by atoms with Crippen LogP contribution < -0.4 is 10.2 Å². The molecule has 0 spiro atoms. The molecule has 1 aliphatic heterocycles. The lowest BCUT2D eigenvalue weighted by atomic mass is 10.0. The summed E-state index contributed by atoms with van der Waals surface area (Å²) >= 11 is 5.66. The summed E-state index contributed by atoms with van der Waals surface area (Å²) in [6, 6.07) is 20.5. The van der Waals surface area contributed by atoms with Crippen LogP contribution in [0.15, 0.2) is 66.9 Å². The van der Waals surface area contributed by atoms with Crippen LogP contribution in [0.25, 0.3) is 0 Å². The molecule has 1 saturated heterocycles. The number of hydrogen-bond acceptors (Lipinski definition) is 2. The van der Waals surface area contributed by atoms with E-state index in [9.17, 15) is 0 Å². The van der Waals surface area contributed by atoms with Gasteiger partial charge in [-0.25, -0.2) is 0 Å². The SMILES string of the molecule is Cc1ccc(C2C(c3ccccn3)NC(=S)N2c2ccccc2)[nH]1. The minimum Gasteiger partial charge on any atom is -0.361 e. The number of aromatic amines is 1. The van der Waals surface area contributed by atoms with Crippen LogP contribution in [-0.2, 0) is 0 Å². The molecule has 1 aliphatic rings. The van der Waals surface area contributed by atoms with Crippen LogP contribution >= 0.6 is 12.2 Å². The molecule has 3 heterocycles. The molecule has 0 radical (unpaired) electrons. The molecule has 1 aromatic carbocycles. The summed E-state index contributed by atoms with van der Waals surface area (Å²) in [6.07, 6.45) is 1.82. The summed E-state index contributed by atoms with van der Waals surface area (Å²) in [4.78, 5) is 10.2. The van der Waals surface area contributed by atoms with Gasteiger partial charge in [0.05, 0.1) is 11.7 Å². The maximum Gasteiger partial charge on any atom is 0.174 e. The highest BCUT2D eigenvalue weighted by Crippen LogP contribution is 2.40. The van der Waals surface area contributed by atoms with Crippen molar-refractivity contribution in [3.63, 3.8) is 0 Å². The van der Waals surface area contributed by atoms with Crippen molar-refractivity contribution in [2.45, 2.75) is 19.0 Å². The summed E-state index contributed by atoms with van der Waals surface area (Å²) in [6.45, 7) is 2.06. The average molecular weight is 334 g/mol. The Labute approximate surface area is 146 Å². The van der Waals surface area contributed by atoms with Crippen molar-refractivity contribution < 1.29 is 0 Å². The van der Waals surface area contributed by atoms with Crippen molar-refractivity contribution in [2.75, 3.05) is 4.90 Å². The number of benzene rings is 1. The van der Waals surface area contributed by atoms with Crippen LogP contribution in [0, 0.1) is 6.92 Å². The van der Waals surface area contributed by atoms with Gasteiger partial charge in [0.1, 0.15) is 6.04 Å². The highest BCUT2D eigenvalue weighted by atomic mass is 32.1. The number of rotatable bonds is 3. The number of hydrogen-bond donors (Lipinski definition) is 2. The van der Waals surface area contributed by atoms with E-state index in [-0.39, 0.29) is 12.1 Å². The summed E-state index contributed by atoms with van der Waals surface area (Å²) in [5.41, 5.74) is 4.32. The molecule has 0 aliphatic carbocycles. The second-order valence-electron chi connectivity index (χ2n) is 5.93. The second kappa shape index (κ2) is 6.09. The predicted octanol–water partition coefficient (Wildman–Crippen LogP) is 3.90. The molecule has 0 saturated carbocycles. The standard InChI is InChI=1S/C19H18N4S/c1-13-10-11-16(21-13)18-17(15-9-5-6-12-20-15)22-19(24)23(18)14-7-3-2-4-8-14/h2-12,17-18,21H,1H3,(H,22,24). The minimum atomic E-state index is -0.00282. The quantitative estimate of drug-likeness (QED) is 0.713. The molecule has 4 rings (SSSR count). The van der Waals surface area contributed by atoms with Gasteiger partial charge in [0.15, 0.2) is 5.11 Å². The first-order chi connectivity index (χ1) is 11.7. The lowest BCUT2D eigenvalue weighted by Crippen LogP contribution is -2.29. The first-order valence-electron chi connectivity index (χ1n) is 7.95. The molecule has 120 valence electrons. The number of aromatic nitrogens is 2. The fourth-order valence-corrected chi connectivity index (χ4v) is 3.58. The third-order valence-electron chi connectivity index (χ3n) is 4.31. The Kier molecular flexibility index (Phi) is 3.78. The maximum atomic E-state index is 5.66. The van der Waals surface area contributed by atoms with Gasteiger partial charge in [-0.1, -0.05) is 24.3 Å². The van der Waals surface area contributed by atoms with Crippen molar-refractivity contribution in [1.29, 1.82) is 0 Å². The lowest BCUT2D eigenvalue weighted by Gasteiger charge is -2.27. The lowest BCUT2D eigenvalue weighted by molar-refractivity contribution is 0.558. The van der Waals surface area contributed by atoms with Crippen molar-refractivity contribution in [3.05, 3.63) is 83.9 Å². The molecule has 5 heteroatoms.